The number of nitrogens with one attached hydrogen (secondary N) is 3. The number of hydrogen-bond donors (Lipinski definition) is 3. The fourth-order valence-electron chi connectivity index (χ4n) is 2.65. The van der Waals surface area contributed by atoms with E-state index in [1.807, 2.05) is 0 Å². The first-order chi connectivity index (χ1) is 9.34. The first kappa shape index (κ1) is 12.7. The maximum absolute atomic E-state index is 3.52. The second kappa shape index (κ2) is 5.76. The molecule has 0 unspecified atom stereocenters. The van der Waals surface area contributed by atoms with Crippen molar-refractivity contribution in [2.24, 2.45) is 0 Å². The third kappa shape index (κ3) is 3.17. The van der Waals surface area contributed by atoms with Gasteiger partial charge in [-0.3, -0.25) is 0 Å². The largest absolute Gasteiger partial charge is 0.358 e. The topological polar surface area (TPSA) is 39.9 Å². The zero-order chi connectivity index (χ0) is 13.1. The number of aromatic nitrogens is 1. The van der Waals surface area contributed by atoms with Gasteiger partial charge in [0.1, 0.15) is 0 Å². The van der Waals surface area contributed by atoms with E-state index >= 15 is 0 Å². The summed E-state index contributed by atoms with van der Waals surface area (Å²) in [7, 11) is 0. The van der Waals surface area contributed by atoms with E-state index in [0.717, 1.165) is 32.1 Å². The Morgan fingerprint density at radius 3 is 2.84 bits per heavy atom. The summed E-state index contributed by atoms with van der Waals surface area (Å²) in [5, 5.41) is 8.42. The molecule has 1 saturated carbocycles. The quantitative estimate of drug-likeness (QED) is 0.666. The molecule has 2 aromatic rings. The van der Waals surface area contributed by atoms with Gasteiger partial charge in [0, 0.05) is 35.7 Å². The molecular weight excluding hydrogens is 234 g/mol. The molecule has 1 fully saturated rings. The first-order valence-corrected chi connectivity index (χ1v) is 7.35. The van der Waals surface area contributed by atoms with E-state index in [2.05, 4.69) is 46.8 Å². The summed E-state index contributed by atoms with van der Waals surface area (Å²) >= 11 is 0. The minimum atomic E-state index is 0.817. The van der Waals surface area contributed by atoms with E-state index in [4.69, 9.17) is 0 Å². The van der Waals surface area contributed by atoms with E-state index in [0.29, 0.717) is 0 Å². The van der Waals surface area contributed by atoms with E-state index in [1.165, 1.54) is 35.0 Å². The lowest BCUT2D eigenvalue weighted by Crippen LogP contribution is -2.29. The van der Waals surface area contributed by atoms with E-state index in [1.54, 1.807) is 0 Å². The Balaban J connectivity index is 1.48. The van der Waals surface area contributed by atoms with Crippen LogP contribution in [0.15, 0.2) is 24.3 Å². The molecule has 3 heteroatoms. The van der Waals surface area contributed by atoms with Crippen molar-refractivity contribution in [1.29, 1.82) is 0 Å². The van der Waals surface area contributed by atoms with Crippen molar-refractivity contribution in [3.8, 4) is 0 Å². The molecule has 1 heterocycles. The Morgan fingerprint density at radius 1 is 1.16 bits per heavy atom. The van der Waals surface area contributed by atoms with E-state index in [-0.39, 0.29) is 0 Å². The molecule has 1 aliphatic carbocycles. The standard InChI is InChI=1S/C16H23N3/c1-12-14(15-4-2-3-5-16(15)19-12)8-9-17-10-11-18-13-6-7-13/h2-5,13,17-19H,6-11H2,1H3. The molecule has 19 heavy (non-hydrogen) atoms. The molecule has 3 rings (SSSR count). The lowest BCUT2D eigenvalue weighted by Gasteiger charge is -2.06. The molecule has 0 bridgehead atoms. The lowest BCUT2D eigenvalue weighted by molar-refractivity contribution is 0.609. The molecule has 0 amide bonds. The minimum absolute atomic E-state index is 0.817. The van der Waals surface area contributed by atoms with Crippen molar-refractivity contribution in [3.05, 3.63) is 35.5 Å². The molecule has 0 spiro atoms. The van der Waals surface area contributed by atoms with Crippen LogP contribution in [0, 0.1) is 6.92 Å². The summed E-state index contributed by atoms with van der Waals surface area (Å²) in [5.74, 6) is 0. The molecule has 1 aromatic heterocycles. The molecular formula is C16H23N3. The molecule has 0 saturated heterocycles. The van der Waals surface area contributed by atoms with Crippen molar-refractivity contribution in [1.82, 2.24) is 15.6 Å². The van der Waals surface area contributed by atoms with Gasteiger partial charge < -0.3 is 15.6 Å². The van der Waals surface area contributed by atoms with Crippen LogP contribution in [0.4, 0.5) is 0 Å². The van der Waals surface area contributed by atoms with Crippen LogP contribution in [0.3, 0.4) is 0 Å². The number of aryl methyl sites for hydroxylation is 1. The normalized spacial score (nSPS) is 15.2. The monoisotopic (exact) mass is 257 g/mol. The predicted octanol–water partition coefficient (Wildman–Crippen LogP) is 2.36. The second-order valence-electron chi connectivity index (χ2n) is 5.50. The average Bonchev–Trinajstić information content (AvgIpc) is 3.18. The Morgan fingerprint density at radius 2 is 2.00 bits per heavy atom. The molecule has 1 aliphatic rings. The van der Waals surface area contributed by atoms with Gasteiger partial charge in [0.2, 0.25) is 0 Å². The van der Waals surface area contributed by atoms with Crippen LogP contribution < -0.4 is 10.6 Å². The summed E-state index contributed by atoms with van der Waals surface area (Å²) in [6.07, 6.45) is 3.84. The van der Waals surface area contributed by atoms with Crippen molar-refractivity contribution in [2.45, 2.75) is 32.2 Å². The van der Waals surface area contributed by atoms with Crippen molar-refractivity contribution >= 4 is 10.9 Å². The zero-order valence-electron chi connectivity index (χ0n) is 11.6. The van der Waals surface area contributed by atoms with Gasteiger partial charge in [-0.05, 0) is 44.4 Å². The number of aromatic amines is 1. The van der Waals surface area contributed by atoms with Gasteiger partial charge in [-0.15, -0.1) is 0 Å². The van der Waals surface area contributed by atoms with Gasteiger partial charge in [0.15, 0.2) is 0 Å². The Kier molecular flexibility index (Phi) is 3.85. The molecule has 0 radical (unpaired) electrons. The highest BCUT2D eigenvalue weighted by Gasteiger charge is 2.19. The highest BCUT2D eigenvalue weighted by atomic mass is 15.0. The number of hydrogen-bond acceptors (Lipinski definition) is 2. The van der Waals surface area contributed by atoms with Gasteiger partial charge in [0.05, 0.1) is 0 Å². The van der Waals surface area contributed by atoms with Crippen LogP contribution in [-0.4, -0.2) is 30.7 Å². The summed E-state index contributed by atoms with van der Waals surface area (Å²) in [6.45, 7) is 5.38. The third-order valence-corrected chi connectivity index (χ3v) is 3.89. The maximum Gasteiger partial charge on any atom is 0.0458 e. The fraction of sp³-hybridized carbons (Fsp3) is 0.500. The van der Waals surface area contributed by atoms with Gasteiger partial charge in [-0.1, -0.05) is 18.2 Å². The van der Waals surface area contributed by atoms with Gasteiger partial charge in [0.25, 0.3) is 0 Å². The minimum Gasteiger partial charge on any atom is -0.358 e. The number of benzene rings is 1. The summed E-state index contributed by atoms with van der Waals surface area (Å²) < 4.78 is 0. The van der Waals surface area contributed by atoms with Crippen LogP contribution in [0.1, 0.15) is 24.1 Å². The predicted molar refractivity (Wildman–Crippen MR) is 80.6 cm³/mol. The van der Waals surface area contributed by atoms with Crippen LogP contribution >= 0.6 is 0 Å². The Bertz CT molecular complexity index is 540. The summed E-state index contributed by atoms with van der Waals surface area (Å²) in [5.41, 5.74) is 4.02. The number of H-pyrrole nitrogens is 1. The highest BCUT2D eigenvalue weighted by Crippen LogP contribution is 2.21. The van der Waals surface area contributed by atoms with Crippen LogP contribution in [-0.2, 0) is 6.42 Å². The Hall–Kier alpha value is -1.32. The van der Waals surface area contributed by atoms with Crippen LogP contribution in [0.2, 0.25) is 0 Å². The van der Waals surface area contributed by atoms with Crippen LogP contribution in [0.25, 0.3) is 10.9 Å². The number of fused-ring (bicyclic) bond motifs is 1. The average molecular weight is 257 g/mol. The maximum atomic E-state index is 3.52. The van der Waals surface area contributed by atoms with E-state index in [9.17, 15) is 0 Å². The molecule has 3 nitrogen and oxygen atoms in total. The molecule has 3 N–H and O–H groups in total. The van der Waals surface area contributed by atoms with Crippen molar-refractivity contribution in [3.63, 3.8) is 0 Å². The van der Waals surface area contributed by atoms with E-state index < -0.39 is 0 Å². The second-order valence-corrected chi connectivity index (χ2v) is 5.50. The molecule has 1 aromatic carbocycles. The highest BCUT2D eigenvalue weighted by molar-refractivity contribution is 5.84. The van der Waals surface area contributed by atoms with Crippen LogP contribution in [0.5, 0.6) is 0 Å². The zero-order valence-corrected chi connectivity index (χ0v) is 11.6. The van der Waals surface area contributed by atoms with Crippen molar-refractivity contribution in [2.75, 3.05) is 19.6 Å². The van der Waals surface area contributed by atoms with Gasteiger partial charge in [-0.2, -0.15) is 0 Å². The van der Waals surface area contributed by atoms with Crippen molar-refractivity contribution < 1.29 is 0 Å². The smallest absolute Gasteiger partial charge is 0.0458 e. The number of rotatable bonds is 7. The molecule has 0 aliphatic heterocycles. The molecule has 102 valence electrons. The van der Waals surface area contributed by atoms with Gasteiger partial charge >= 0.3 is 0 Å². The first-order valence-electron chi connectivity index (χ1n) is 7.35. The fourth-order valence-corrected chi connectivity index (χ4v) is 2.65. The van der Waals surface area contributed by atoms with Gasteiger partial charge in [-0.25, -0.2) is 0 Å². The summed E-state index contributed by atoms with van der Waals surface area (Å²) in [4.78, 5) is 3.46. The SMILES string of the molecule is Cc1[nH]c2ccccc2c1CCNCCNC1CC1. The lowest BCUT2D eigenvalue weighted by atomic mass is 10.1. The Labute approximate surface area is 114 Å². The summed E-state index contributed by atoms with van der Waals surface area (Å²) in [6, 6.07) is 9.38. The number of para-hydroxylation sites is 1. The third-order valence-electron chi connectivity index (χ3n) is 3.89. The molecule has 0 atom stereocenters.